The lowest BCUT2D eigenvalue weighted by Gasteiger charge is -2.09. The molecule has 1 aromatic heterocycles. The SMILES string of the molecule is C=Cc1cnc(Nc2cccc(C(F)(F)F)c2)nc1. The summed E-state index contributed by atoms with van der Waals surface area (Å²) in [7, 11) is 0. The molecule has 0 amide bonds. The smallest absolute Gasteiger partial charge is 0.324 e. The molecule has 3 nitrogen and oxygen atoms in total. The first-order valence-electron chi connectivity index (χ1n) is 5.38. The molecule has 1 heterocycles. The standard InChI is InChI=1S/C13H10F3N3/c1-2-9-7-17-12(18-8-9)19-11-5-3-4-10(6-11)13(14,15)16/h2-8H,1H2,(H,17,18,19). The molecular formula is C13H10F3N3. The number of rotatable bonds is 3. The Kier molecular flexibility index (Phi) is 3.50. The van der Waals surface area contributed by atoms with Crippen LogP contribution in [0.4, 0.5) is 24.8 Å². The van der Waals surface area contributed by atoms with Crippen molar-refractivity contribution in [1.82, 2.24) is 9.97 Å². The van der Waals surface area contributed by atoms with Crippen LogP contribution in [-0.4, -0.2) is 9.97 Å². The van der Waals surface area contributed by atoms with Crippen molar-refractivity contribution in [3.8, 4) is 0 Å². The van der Waals surface area contributed by atoms with Gasteiger partial charge in [0, 0.05) is 23.6 Å². The fourth-order valence-corrected chi connectivity index (χ4v) is 1.41. The Balaban J connectivity index is 2.20. The summed E-state index contributed by atoms with van der Waals surface area (Å²) >= 11 is 0. The van der Waals surface area contributed by atoms with Crippen LogP contribution in [0.25, 0.3) is 6.08 Å². The minimum absolute atomic E-state index is 0.227. The molecule has 0 spiro atoms. The highest BCUT2D eigenvalue weighted by molar-refractivity contribution is 5.55. The third-order valence-electron chi connectivity index (χ3n) is 2.35. The predicted octanol–water partition coefficient (Wildman–Crippen LogP) is 3.88. The summed E-state index contributed by atoms with van der Waals surface area (Å²) in [6.45, 7) is 3.56. The molecule has 6 heteroatoms. The zero-order chi connectivity index (χ0) is 13.9. The van der Waals surface area contributed by atoms with Crippen molar-refractivity contribution in [3.05, 3.63) is 54.4 Å². The van der Waals surface area contributed by atoms with E-state index in [4.69, 9.17) is 0 Å². The van der Waals surface area contributed by atoms with E-state index in [0.717, 1.165) is 17.7 Å². The number of nitrogens with zero attached hydrogens (tertiary/aromatic N) is 2. The Morgan fingerprint density at radius 2 is 1.84 bits per heavy atom. The van der Waals surface area contributed by atoms with Crippen LogP contribution in [0, 0.1) is 0 Å². The molecule has 0 saturated carbocycles. The second kappa shape index (κ2) is 5.09. The maximum Gasteiger partial charge on any atom is 0.416 e. The summed E-state index contributed by atoms with van der Waals surface area (Å²) < 4.78 is 37.6. The van der Waals surface area contributed by atoms with E-state index in [2.05, 4.69) is 21.9 Å². The highest BCUT2D eigenvalue weighted by Gasteiger charge is 2.30. The van der Waals surface area contributed by atoms with Crippen LogP contribution in [0.1, 0.15) is 11.1 Å². The molecular weight excluding hydrogens is 255 g/mol. The average molecular weight is 265 g/mol. The van der Waals surface area contributed by atoms with Gasteiger partial charge in [0.25, 0.3) is 0 Å². The first kappa shape index (κ1) is 13.1. The summed E-state index contributed by atoms with van der Waals surface area (Å²) in [4.78, 5) is 7.92. The van der Waals surface area contributed by atoms with Gasteiger partial charge in [-0.1, -0.05) is 18.7 Å². The third kappa shape index (κ3) is 3.31. The molecule has 0 saturated heterocycles. The van der Waals surface area contributed by atoms with Gasteiger partial charge in [0.2, 0.25) is 5.95 Å². The maximum absolute atomic E-state index is 12.5. The first-order chi connectivity index (χ1) is 8.99. The monoisotopic (exact) mass is 265 g/mol. The lowest BCUT2D eigenvalue weighted by atomic mass is 10.2. The number of benzene rings is 1. The molecule has 0 aliphatic carbocycles. The predicted molar refractivity (Wildman–Crippen MR) is 66.8 cm³/mol. The molecule has 2 rings (SSSR count). The molecule has 0 aliphatic heterocycles. The van der Waals surface area contributed by atoms with Gasteiger partial charge >= 0.3 is 6.18 Å². The van der Waals surface area contributed by atoms with Gasteiger partial charge in [-0.15, -0.1) is 0 Å². The largest absolute Gasteiger partial charge is 0.416 e. The van der Waals surface area contributed by atoms with E-state index in [1.54, 1.807) is 6.08 Å². The van der Waals surface area contributed by atoms with Crippen LogP contribution in [-0.2, 0) is 6.18 Å². The average Bonchev–Trinajstić information content (AvgIpc) is 2.39. The number of aromatic nitrogens is 2. The Morgan fingerprint density at radius 3 is 2.42 bits per heavy atom. The highest BCUT2D eigenvalue weighted by Crippen LogP contribution is 2.31. The Bertz CT molecular complexity index is 576. The summed E-state index contributed by atoms with van der Waals surface area (Å²) in [5, 5.41) is 2.71. The van der Waals surface area contributed by atoms with E-state index in [9.17, 15) is 13.2 Å². The van der Waals surface area contributed by atoms with E-state index < -0.39 is 11.7 Å². The summed E-state index contributed by atoms with van der Waals surface area (Å²) in [6, 6.07) is 4.85. The maximum atomic E-state index is 12.5. The van der Waals surface area contributed by atoms with Gasteiger partial charge < -0.3 is 5.32 Å². The Morgan fingerprint density at radius 1 is 1.16 bits per heavy atom. The molecule has 1 N–H and O–H groups in total. The minimum Gasteiger partial charge on any atom is -0.324 e. The molecule has 2 aromatic rings. The fourth-order valence-electron chi connectivity index (χ4n) is 1.41. The van der Waals surface area contributed by atoms with E-state index in [-0.39, 0.29) is 11.6 Å². The van der Waals surface area contributed by atoms with Gasteiger partial charge in [-0.2, -0.15) is 13.2 Å². The molecule has 19 heavy (non-hydrogen) atoms. The van der Waals surface area contributed by atoms with E-state index >= 15 is 0 Å². The van der Waals surface area contributed by atoms with Crippen molar-refractivity contribution < 1.29 is 13.2 Å². The number of hydrogen-bond donors (Lipinski definition) is 1. The molecule has 0 unspecified atom stereocenters. The van der Waals surface area contributed by atoms with Gasteiger partial charge in [-0.05, 0) is 18.2 Å². The van der Waals surface area contributed by atoms with Crippen molar-refractivity contribution in [2.75, 3.05) is 5.32 Å². The van der Waals surface area contributed by atoms with Crippen molar-refractivity contribution in [1.29, 1.82) is 0 Å². The van der Waals surface area contributed by atoms with Crippen LogP contribution in [0.5, 0.6) is 0 Å². The van der Waals surface area contributed by atoms with Crippen LogP contribution in [0.2, 0.25) is 0 Å². The summed E-state index contributed by atoms with van der Waals surface area (Å²) in [5.74, 6) is 0.227. The molecule has 98 valence electrons. The lowest BCUT2D eigenvalue weighted by molar-refractivity contribution is -0.137. The van der Waals surface area contributed by atoms with E-state index in [1.807, 2.05) is 0 Å². The molecule has 0 aliphatic rings. The molecule has 1 aromatic carbocycles. The zero-order valence-corrected chi connectivity index (χ0v) is 9.78. The minimum atomic E-state index is -4.37. The Labute approximate surface area is 107 Å². The van der Waals surface area contributed by atoms with Crippen molar-refractivity contribution in [3.63, 3.8) is 0 Å². The molecule has 0 bridgehead atoms. The third-order valence-corrected chi connectivity index (χ3v) is 2.35. The van der Waals surface area contributed by atoms with Crippen LogP contribution in [0.15, 0.2) is 43.2 Å². The van der Waals surface area contributed by atoms with Crippen LogP contribution >= 0.6 is 0 Å². The number of hydrogen-bond acceptors (Lipinski definition) is 3. The second-order valence-corrected chi connectivity index (χ2v) is 3.75. The zero-order valence-electron chi connectivity index (χ0n) is 9.78. The second-order valence-electron chi connectivity index (χ2n) is 3.75. The quantitative estimate of drug-likeness (QED) is 0.915. The van der Waals surface area contributed by atoms with E-state index in [1.165, 1.54) is 24.5 Å². The highest BCUT2D eigenvalue weighted by atomic mass is 19.4. The number of alkyl halides is 3. The van der Waals surface area contributed by atoms with Gasteiger partial charge in [-0.3, -0.25) is 0 Å². The van der Waals surface area contributed by atoms with Crippen molar-refractivity contribution >= 4 is 17.7 Å². The Hall–Kier alpha value is -2.37. The van der Waals surface area contributed by atoms with Crippen molar-refractivity contribution in [2.24, 2.45) is 0 Å². The molecule has 0 radical (unpaired) electrons. The van der Waals surface area contributed by atoms with Gasteiger partial charge in [0.15, 0.2) is 0 Å². The van der Waals surface area contributed by atoms with E-state index in [0.29, 0.717) is 0 Å². The number of nitrogens with one attached hydrogen (secondary N) is 1. The normalized spacial score (nSPS) is 11.1. The van der Waals surface area contributed by atoms with Crippen molar-refractivity contribution in [2.45, 2.75) is 6.18 Å². The molecule has 0 atom stereocenters. The van der Waals surface area contributed by atoms with Crippen LogP contribution in [0.3, 0.4) is 0 Å². The topological polar surface area (TPSA) is 37.8 Å². The number of halogens is 3. The van der Waals surface area contributed by atoms with Gasteiger partial charge in [0.05, 0.1) is 5.56 Å². The summed E-state index contributed by atoms with van der Waals surface area (Å²) in [6.07, 6.45) is 0.255. The van der Waals surface area contributed by atoms with Gasteiger partial charge in [0.1, 0.15) is 0 Å². The lowest BCUT2D eigenvalue weighted by Crippen LogP contribution is -2.05. The first-order valence-corrected chi connectivity index (χ1v) is 5.38. The van der Waals surface area contributed by atoms with Crippen LogP contribution < -0.4 is 5.32 Å². The fraction of sp³-hybridized carbons (Fsp3) is 0.0769. The summed E-state index contributed by atoms with van der Waals surface area (Å²) in [5.41, 5.74) is 0.288. The molecule has 0 fully saturated rings. The number of anilines is 2. The van der Waals surface area contributed by atoms with Gasteiger partial charge in [-0.25, -0.2) is 9.97 Å².